The van der Waals surface area contributed by atoms with Crippen LogP contribution in [0.2, 0.25) is 0 Å². The Balaban J connectivity index is 1.94. The lowest BCUT2D eigenvalue weighted by molar-refractivity contribution is 0.749. The summed E-state index contributed by atoms with van der Waals surface area (Å²) in [6.45, 7) is 0. The zero-order valence-electron chi connectivity index (χ0n) is 7.03. The van der Waals surface area contributed by atoms with Crippen LogP contribution in [0.3, 0.4) is 0 Å². The van der Waals surface area contributed by atoms with E-state index < -0.39 is 0 Å². The molecular formula is C9H13N3. The predicted molar refractivity (Wildman–Crippen MR) is 47.9 cm³/mol. The fourth-order valence-electron chi connectivity index (χ4n) is 1.65. The molecule has 0 atom stereocenters. The predicted octanol–water partition coefficient (Wildman–Crippen LogP) is 1.83. The van der Waals surface area contributed by atoms with E-state index in [0.29, 0.717) is 6.04 Å². The molecule has 3 heteroatoms. The second kappa shape index (κ2) is 3.52. The van der Waals surface area contributed by atoms with Crippen molar-refractivity contribution in [3.8, 4) is 0 Å². The quantitative estimate of drug-likeness (QED) is 0.722. The van der Waals surface area contributed by atoms with Crippen LogP contribution in [0.1, 0.15) is 25.7 Å². The third kappa shape index (κ3) is 1.72. The molecule has 1 heterocycles. The van der Waals surface area contributed by atoms with E-state index in [9.17, 15) is 0 Å². The van der Waals surface area contributed by atoms with Gasteiger partial charge >= 0.3 is 0 Å². The molecule has 0 aliphatic heterocycles. The van der Waals surface area contributed by atoms with Crippen molar-refractivity contribution in [2.24, 2.45) is 0 Å². The summed E-state index contributed by atoms with van der Waals surface area (Å²) in [5, 5.41) is 3.37. The Bertz CT molecular complexity index is 229. The van der Waals surface area contributed by atoms with Crippen LogP contribution in [-0.4, -0.2) is 16.0 Å². The molecule has 1 N–H and O–H groups in total. The van der Waals surface area contributed by atoms with Crippen LogP contribution in [0.15, 0.2) is 18.6 Å². The fourth-order valence-corrected chi connectivity index (χ4v) is 1.65. The van der Waals surface area contributed by atoms with Crippen molar-refractivity contribution in [2.75, 3.05) is 5.32 Å². The zero-order chi connectivity index (χ0) is 8.23. The van der Waals surface area contributed by atoms with Crippen molar-refractivity contribution in [3.05, 3.63) is 18.6 Å². The minimum atomic E-state index is 0.627. The second-order valence-electron chi connectivity index (χ2n) is 3.22. The van der Waals surface area contributed by atoms with Gasteiger partial charge in [-0.2, -0.15) is 0 Å². The largest absolute Gasteiger partial charge is 0.366 e. The van der Waals surface area contributed by atoms with E-state index in [-0.39, 0.29) is 0 Å². The van der Waals surface area contributed by atoms with E-state index >= 15 is 0 Å². The topological polar surface area (TPSA) is 37.8 Å². The van der Waals surface area contributed by atoms with Crippen molar-refractivity contribution >= 4 is 5.82 Å². The average molecular weight is 163 g/mol. The molecule has 1 saturated carbocycles. The molecule has 1 fully saturated rings. The number of aromatic nitrogens is 2. The van der Waals surface area contributed by atoms with Gasteiger partial charge in [-0.1, -0.05) is 12.8 Å². The highest BCUT2D eigenvalue weighted by molar-refractivity contribution is 5.31. The third-order valence-electron chi connectivity index (χ3n) is 2.27. The van der Waals surface area contributed by atoms with Crippen LogP contribution in [0, 0.1) is 0 Å². The first-order valence-electron chi connectivity index (χ1n) is 4.48. The molecule has 1 aliphatic carbocycles. The second-order valence-corrected chi connectivity index (χ2v) is 3.22. The third-order valence-corrected chi connectivity index (χ3v) is 2.27. The average Bonchev–Trinajstić information content (AvgIpc) is 2.59. The lowest BCUT2D eigenvalue weighted by Gasteiger charge is -2.10. The molecule has 0 radical (unpaired) electrons. The van der Waals surface area contributed by atoms with Crippen molar-refractivity contribution in [2.45, 2.75) is 31.7 Å². The van der Waals surface area contributed by atoms with Crippen molar-refractivity contribution in [1.29, 1.82) is 0 Å². The molecule has 0 amide bonds. The maximum atomic E-state index is 4.17. The molecule has 0 aromatic carbocycles. The Morgan fingerprint density at radius 1 is 1.25 bits per heavy atom. The Labute approximate surface area is 72.2 Å². The maximum absolute atomic E-state index is 4.17. The standard InChI is InChI=1S/C9H13N3/c1-2-4-8(3-1)12-9-7-10-5-6-11-9/h5-8H,1-4H2,(H,11,12). The number of anilines is 1. The van der Waals surface area contributed by atoms with E-state index in [4.69, 9.17) is 0 Å². The number of rotatable bonds is 2. The summed E-state index contributed by atoms with van der Waals surface area (Å²) in [5.41, 5.74) is 0. The van der Waals surface area contributed by atoms with Gasteiger partial charge in [0.25, 0.3) is 0 Å². The molecule has 12 heavy (non-hydrogen) atoms. The van der Waals surface area contributed by atoms with Gasteiger partial charge in [-0.25, -0.2) is 4.98 Å². The van der Waals surface area contributed by atoms with E-state index in [2.05, 4.69) is 15.3 Å². The molecule has 1 aromatic heterocycles. The van der Waals surface area contributed by atoms with Gasteiger partial charge in [-0.15, -0.1) is 0 Å². The molecular weight excluding hydrogens is 150 g/mol. The van der Waals surface area contributed by atoms with E-state index in [1.165, 1.54) is 25.7 Å². The van der Waals surface area contributed by atoms with Gasteiger partial charge < -0.3 is 5.32 Å². The number of nitrogens with one attached hydrogen (secondary N) is 1. The van der Waals surface area contributed by atoms with Gasteiger partial charge in [0, 0.05) is 18.4 Å². The summed E-state index contributed by atoms with van der Waals surface area (Å²) in [6, 6.07) is 0.627. The Morgan fingerprint density at radius 3 is 2.75 bits per heavy atom. The smallest absolute Gasteiger partial charge is 0.144 e. The summed E-state index contributed by atoms with van der Waals surface area (Å²) < 4.78 is 0. The van der Waals surface area contributed by atoms with Crippen LogP contribution in [-0.2, 0) is 0 Å². The van der Waals surface area contributed by atoms with E-state index in [0.717, 1.165) is 5.82 Å². The van der Waals surface area contributed by atoms with Crippen LogP contribution in [0.5, 0.6) is 0 Å². The highest BCUT2D eigenvalue weighted by Crippen LogP contribution is 2.20. The summed E-state index contributed by atoms with van der Waals surface area (Å²) in [6.07, 6.45) is 10.4. The zero-order valence-corrected chi connectivity index (χ0v) is 7.03. The van der Waals surface area contributed by atoms with Gasteiger partial charge in [-0.3, -0.25) is 4.98 Å². The minimum Gasteiger partial charge on any atom is -0.366 e. The van der Waals surface area contributed by atoms with Crippen molar-refractivity contribution < 1.29 is 0 Å². The maximum Gasteiger partial charge on any atom is 0.144 e. The molecule has 0 spiro atoms. The lowest BCUT2D eigenvalue weighted by Crippen LogP contribution is -2.15. The molecule has 2 rings (SSSR count). The van der Waals surface area contributed by atoms with Gasteiger partial charge in [0.2, 0.25) is 0 Å². The first-order chi connectivity index (χ1) is 5.95. The van der Waals surface area contributed by atoms with E-state index in [1.54, 1.807) is 18.6 Å². The molecule has 64 valence electrons. The number of hydrogen-bond acceptors (Lipinski definition) is 3. The van der Waals surface area contributed by atoms with Crippen molar-refractivity contribution in [3.63, 3.8) is 0 Å². The SMILES string of the molecule is c1cnc(NC2CCCC2)cn1. The first-order valence-corrected chi connectivity index (χ1v) is 4.48. The highest BCUT2D eigenvalue weighted by Gasteiger charge is 2.14. The Kier molecular flexibility index (Phi) is 2.21. The minimum absolute atomic E-state index is 0.627. The van der Waals surface area contributed by atoms with Crippen LogP contribution >= 0.6 is 0 Å². The molecule has 0 saturated heterocycles. The summed E-state index contributed by atoms with van der Waals surface area (Å²) in [5.74, 6) is 0.907. The molecule has 1 aliphatic rings. The number of hydrogen-bond donors (Lipinski definition) is 1. The Hall–Kier alpha value is -1.12. The van der Waals surface area contributed by atoms with Crippen molar-refractivity contribution in [1.82, 2.24) is 9.97 Å². The van der Waals surface area contributed by atoms with Crippen LogP contribution in [0.4, 0.5) is 5.82 Å². The first kappa shape index (κ1) is 7.53. The Morgan fingerprint density at radius 2 is 2.08 bits per heavy atom. The number of nitrogens with zero attached hydrogens (tertiary/aromatic N) is 2. The summed E-state index contributed by atoms with van der Waals surface area (Å²) >= 11 is 0. The summed E-state index contributed by atoms with van der Waals surface area (Å²) in [7, 11) is 0. The molecule has 0 unspecified atom stereocenters. The highest BCUT2D eigenvalue weighted by atomic mass is 15.0. The van der Waals surface area contributed by atoms with Gasteiger partial charge in [0.1, 0.15) is 5.82 Å². The monoisotopic (exact) mass is 163 g/mol. The van der Waals surface area contributed by atoms with Crippen LogP contribution < -0.4 is 5.32 Å². The summed E-state index contributed by atoms with van der Waals surface area (Å²) in [4.78, 5) is 8.17. The molecule has 3 nitrogen and oxygen atoms in total. The van der Waals surface area contributed by atoms with Crippen LogP contribution in [0.25, 0.3) is 0 Å². The van der Waals surface area contributed by atoms with Gasteiger partial charge in [0.15, 0.2) is 0 Å². The van der Waals surface area contributed by atoms with Gasteiger partial charge in [0.05, 0.1) is 6.20 Å². The lowest BCUT2D eigenvalue weighted by atomic mass is 10.2. The van der Waals surface area contributed by atoms with Gasteiger partial charge in [-0.05, 0) is 12.8 Å². The molecule has 1 aromatic rings. The fraction of sp³-hybridized carbons (Fsp3) is 0.556. The van der Waals surface area contributed by atoms with E-state index in [1.807, 2.05) is 0 Å². The normalized spacial score (nSPS) is 18.0. The molecule has 0 bridgehead atoms.